The van der Waals surface area contributed by atoms with Crippen LogP contribution >= 0.6 is 0 Å². The predicted octanol–water partition coefficient (Wildman–Crippen LogP) is 7.21. The largest absolute Gasteiger partial charge is 0.356 e. The minimum absolute atomic E-state index is 0.131. The van der Waals surface area contributed by atoms with Gasteiger partial charge in [0.15, 0.2) is 0 Å². The van der Waals surface area contributed by atoms with Gasteiger partial charge in [0, 0.05) is 44.7 Å². The van der Waals surface area contributed by atoms with E-state index in [1.54, 1.807) is 0 Å². The molecule has 0 unspecified atom stereocenters. The molecule has 1 aliphatic heterocycles. The van der Waals surface area contributed by atoms with E-state index >= 15 is 0 Å². The maximum absolute atomic E-state index is 12.6. The summed E-state index contributed by atoms with van der Waals surface area (Å²) in [5.41, 5.74) is 0.771. The first-order valence-corrected chi connectivity index (χ1v) is 15.5. The molecule has 210 valence electrons. The van der Waals surface area contributed by atoms with Crippen LogP contribution in [0.5, 0.6) is 0 Å². The molecule has 1 heterocycles. The van der Waals surface area contributed by atoms with Gasteiger partial charge in [0.2, 0.25) is 5.91 Å². The van der Waals surface area contributed by atoms with E-state index in [0.717, 1.165) is 57.7 Å². The smallest absolute Gasteiger partial charge is 0.253 e. The molecule has 0 radical (unpaired) electrons. The average molecular weight is 514 g/mol. The summed E-state index contributed by atoms with van der Waals surface area (Å²) >= 11 is 0. The zero-order chi connectivity index (χ0) is 26.4. The van der Waals surface area contributed by atoms with Crippen molar-refractivity contribution >= 4 is 11.8 Å². The SMILES string of the molecule is CCCCCCCCCCCCCCCCCC(=O)NCCCN1CCN(C(=O)c2ccccc2)CC1. The van der Waals surface area contributed by atoms with Gasteiger partial charge in [-0.25, -0.2) is 0 Å². The fourth-order valence-electron chi connectivity index (χ4n) is 5.21. The first-order valence-electron chi connectivity index (χ1n) is 15.5. The normalized spacial score (nSPS) is 14.1. The number of hydrogen-bond donors (Lipinski definition) is 1. The van der Waals surface area contributed by atoms with Gasteiger partial charge in [0.1, 0.15) is 0 Å². The van der Waals surface area contributed by atoms with Gasteiger partial charge in [-0.2, -0.15) is 0 Å². The van der Waals surface area contributed by atoms with Gasteiger partial charge < -0.3 is 10.2 Å². The van der Waals surface area contributed by atoms with Crippen LogP contribution in [0.1, 0.15) is 126 Å². The van der Waals surface area contributed by atoms with E-state index in [4.69, 9.17) is 0 Å². The van der Waals surface area contributed by atoms with Gasteiger partial charge in [-0.3, -0.25) is 14.5 Å². The Morgan fingerprint density at radius 2 is 1.19 bits per heavy atom. The van der Waals surface area contributed by atoms with Gasteiger partial charge >= 0.3 is 0 Å². The van der Waals surface area contributed by atoms with Gasteiger partial charge in [-0.15, -0.1) is 0 Å². The molecule has 5 nitrogen and oxygen atoms in total. The van der Waals surface area contributed by atoms with Gasteiger partial charge in [-0.1, -0.05) is 115 Å². The number of carbonyl (C=O) groups excluding carboxylic acids is 2. The van der Waals surface area contributed by atoms with Crippen molar-refractivity contribution in [3.05, 3.63) is 35.9 Å². The molecule has 37 heavy (non-hydrogen) atoms. The number of rotatable bonds is 21. The number of nitrogens with one attached hydrogen (secondary N) is 1. The molecule has 1 aliphatic rings. The van der Waals surface area contributed by atoms with Crippen LogP contribution in [0, 0.1) is 0 Å². The molecule has 1 saturated heterocycles. The van der Waals surface area contributed by atoms with Crippen molar-refractivity contribution in [2.75, 3.05) is 39.3 Å². The van der Waals surface area contributed by atoms with Gasteiger partial charge in [-0.05, 0) is 31.5 Å². The second-order valence-electron chi connectivity index (χ2n) is 10.9. The minimum Gasteiger partial charge on any atom is -0.356 e. The molecule has 1 fully saturated rings. The standard InChI is InChI=1S/C32H55N3O2/c1-2-3-4-5-6-7-8-9-10-11-12-13-14-15-19-23-31(36)33-24-20-25-34-26-28-35(29-27-34)32(37)30-21-17-16-18-22-30/h16-18,21-22H,2-15,19-20,23-29H2,1H3,(H,33,36). The molecule has 0 spiro atoms. The number of nitrogens with zero attached hydrogens (tertiary/aromatic N) is 2. The molecule has 0 aliphatic carbocycles. The summed E-state index contributed by atoms with van der Waals surface area (Å²) < 4.78 is 0. The lowest BCUT2D eigenvalue weighted by Gasteiger charge is -2.34. The van der Waals surface area contributed by atoms with Crippen LogP contribution in [0.4, 0.5) is 0 Å². The van der Waals surface area contributed by atoms with E-state index in [-0.39, 0.29) is 11.8 Å². The van der Waals surface area contributed by atoms with Crippen molar-refractivity contribution in [3.8, 4) is 0 Å². The molecule has 5 heteroatoms. The third-order valence-electron chi connectivity index (χ3n) is 7.66. The van der Waals surface area contributed by atoms with Crippen LogP contribution in [-0.2, 0) is 4.79 Å². The summed E-state index contributed by atoms with van der Waals surface area (Å²) in [6.45, 7) is 7.38. The molecule has 2 rings (SSSR count). The molecular weight excluding hydrogens is 458 g/mol. The summed E-state index contributed by atoms with van der Waals surface area (Å²) in [6, 6.07) is 9.54. The van der Waals surface area contributed by atoms with Crippen molar-refractivity contribution in [3.63, 3.8) is 0 Å². The van der Waals surface area contributed by atoms with E-state index in [1.165, 1.54) is 89.9 Å². The van der Waals surface area contributed by atoms with Crippen LogP contribution in [0.2, 0.25) is 0 Å². The number of benzene rings is 1. The molecule has 0 aromatic heterocycles. The monoisotopic (exact) mass is 513 g/mol. The Kier molecular flexibility index (Phi) is 17.9. The number of carbonyl (C=O) groups is 2. The Hall–Kier alpha value is -1.88. The maximum atomic E-state index is 12.6. The topological polar surface area (TPSA) is 52.7 Å². The third kappa shape index (κ3) is 15.2. The molecule has 0 saturated carbocycles. The van der Waals surface area contributed by atoms with Crippen molar-refractivity contribution in [2.45, 2.75) is 116 Å². The zero-order valence-corrected chi connectivity index (χ0v) is 23.9. The highest BCUT2D eigenvalue weighted by molar-refractivity contribution is 5.94. The first kappa shape index (κ1) is 31.3. The summed E-state index contributed by atoms with van der Waals surface area (Å²) in [5.74, 6) is 0.333. The van der Waals surface area contributed by atoms with Crippen LogP contribution in [0.3, 0.4) is 0 Å². The number of piperazine rings is 1. The zero-order valence-electron chi connectivity index (χ0n) is 23.9. The fourth-order valence-corrected chi connectivity index (χ4v) is 5.21. The number of hydrogen-bond acceptors (Lipinski definition) is 3. The molecule has 0 atom stereocenters. The second-order valence-corrected chi connectivity index (χ2v) is 10.9. The quantitative estimate of drug-likeness (QED) is 0.177. The molecule has 2 amide bonds. The lowest BCUT2D eigenvalue weighted by atomic mass is 10.0. The average Bonchev–Trinajstić information content (AvgIpc) is 2.93. The Bertz CT molecular complexity index is 701. The van der Waals surface area contributed by atoms with Crippen molar-refractivity contribution in [2.24, 2.45) is 0 Å². The molecule has 1 aromatic rings. The third-order valence-corrected chi connectivity index (χ3v) is 7.66. The molecular formula is C32H55N3O2. The lowest BCUT2D eigenvalue weighted by Crippen LogP contribution is -2.49. The highest BCUT2D eigenvalue weighted by Crippen LogP contribution is 2.14. The van der Waals surface area contributed by atoms with E-state index in [0.29, 0.717) is 6.42 Å². The lowest BCUT2D eigenvalue weighted by molar-refractivity contribution is -0.121. The van der Waals surface area contributed by atoms with Gasteiger partial charge in [0.05, 0.1) is 0 Å². The molecule has 1 aromatic carbocycles. The highest BCUT2D eigenvalue weighted by Gasteiger charge is 2.21. The Morgan fingerprint density at radius 3 is 1.73 bits per heavy atom. The predicted molar refractivity (Wildman–Crippen MR) is 156 cm³/mol. The summed E-state index contributed by atoms with van der Waals surface area (Å²) in [6.07, 6.45) is 21.9. The van der Waals surface area contributed by atoms with Crippen molar-refractivity contribution in [1.29, 1.82) is 0 Å². The van der Waals surface area contributed by atoms with Crippen LogP contribution < -0.4 is 5.32 Å². The summed E-state index contributed by atoms with van der Waals surface area (Å²) in [7, 11) is 0. The van der Waals surface area contributed by atoms with E-state index < -0.39 is 0 Å². The molecule has 1 N–H and O–H groups in total. The van der Waals surface area contributed by atoms with E-state index in [9.17, 15) is 9.59 Å². The van der Waals surface area contributed by atoms with E-state index in [1.807, 2.05) is 35.2 Å². The Labute approximate surface area is 227 Å². The van der Waals surface area contributed by atoms with Crippen LogP contribution in [0.25, 0.3) is 0 Å². The minimum atomic E-state index is 0.131. The summed E-state index contributed by atoms with van der Waals surface area (Å²) in [4.78, 5) is 29.0. The highest BCUT2D eigenvalue weighted by atomic mass is 16.2. The van der Waals surface area contributed by atoms with E-state index in [2.05, 4.69) is 17.1 Å². The van der Waals surface area contributed by atoms with Crippen molar-refractivity contribution in [1.82, 2.24) is 15.1 Å². The molecule has 0 bridgehead atoms. The van der Waals surface area contributed by atoms with Gasteiger partial charge in [0.25, 0.3) is 5.91 Å². The maximum Gasteiger partial charge on any atom is 0.253 e. The Morgan fingerprint density at radius 1 is 0.676 bits per heavy atom. The van der Waals surface area contributed by atoms with Crippen LogP contribution in [-0.4, -0.2) is 60.9 Å². The number of amides is 2. The van der Waals surface area contributed by atoms with Crippen LogP contribution in [0.15, 0.2) is 30.3 Å². The van der Waals surface area contributed by atoms with Crippen molar-refractivity contribution < 1.29 is 9.59 Å². The second kappa shape index (κ2) is 21.1. The number of unbranched alkanes of at least 4 members (excludes halogenated alkanes) is 14. The summed E-state index contributed by atoms with van der Waals surface area (Å²) in [5, 5.41) is 3.09. The Balaban J connectivity index is 1.33. The fraction of sp³-hybridized carbons (Fsp3) is 0.750. The first-order chi connectivity index (χ1) is 18.2.